The molecule has 2 unspecified atom stereocenters. The second-order valence-corrected chi connectivity index (χ2v) is 15.6. The number of alkyl halides is 3. The third kappa shape index (κ3) is 10.0. The normalized spacial score (nSPS) is 28.4. The van der Waals surface area contributed by atoms with Crippen LogP contribution in [0.2, 0.25) is 0 Å². The minimum Gasteiger partial charge on any atom is -0.390 e. The highest BCUT2D eigenvalue weighted by atomic mass is 19.4. The van der Waals surface area contributed by atoms with Crippen LogP contribution in [0.3, 0.4) is 0 Å². The lowest BCUT2D eigenvalue weighted by atomic mass is 9.63. The van der Waals surface area contributed by atoms with Crippen molar-refractivity contribution in [3.05, 3.63) is 35.4 Å². The molecule has 5 rings (SSSR count). The predicted octanol–water partition coefficient (Wildman–Crippen LogP) is 10.0. The Labute approximate surface area is 242 Å². The van der Waals surface area contributed by atoms with Crippen LogP contribution in [0, 0.1) is 22.7 Å². The summed E-state index contributed by atoms with van der Waals surface area (Å²) >= 11 is 0. The highest BCUT2D eigenvalue weighted by molar-refractivity contribution is 5.27. The number of benzene rings is 1. The minimum atomic E-state index is -4.26. The van der Waals surface area contributed by atoms with E-state index in [1.165, 1.54) is 76.5 Å². The van der Waals surface area contributed by atoms with Crippen molar-refractivity contribution >= 4 is 0 Å². The lowest BCUT2D eigenvalue weighted by Crippen LogP contribution is -2.44. The van der Waals surface area contributed by atoms with E-state index in [0.29, 0.717) is 22.7 Å². The number of hydrogen-bond acceptors (Lipinski definition) is 2. The van der Waals surface area contributed by atoms with Gasteiger partial charge in [0.2, 0.25) is 0 Å². The molecule has 4 aliphatic rings. The van der Waals surface area contributed by atoms with Crippen LogP contribution in [-0.2, 0) is 6.18 Å². The number of rotatable bonds is 7. The first-order valence-corrected chi connectivity index (χ1v) is 16.4. The third-order valence-electron chi connectivity index (χ3n) is 10.3. The van der Waals surface area contributed by atoms with Gasteiger partial charge in [0.15, 0.2) is 0 Å². The van der Waals surface area contributed by atoms with Crippen molar-refractivity contribution in [1.82, 2.24) is 5.32 Å². The van der Waals surface area contributed by atoms with Crippen LogP contribution >= 0.6 is 0 Å². The van der Waals surface area contributed by atoms with Gasteiger partial charge in [-0.25, -0.2) is 0 Å². The quantitative estimate of drug-likeness (QED) is 0.346. The van der Waals surface area contributed by atoms with Gasteiger partial charge in [-0.1, -0.05) is 84.8 Å². The van der Waals surface area contributed by atoms with Gasteiger partial charge in [0.05, 0.1) is 11.2 Å². The standard InChI is InChI=1S/C18H35N.C17H21F3O/c1-17(2)12-16(13-18(3,4)14-17)19-11-10-15-8-6-5-7-9-15;18-17(19,20)15-6-4-13(5-7-15)14-3-1-2-12(10-14)11-16(21)8-9-16/h15-16,19H,5-14H2,1-4H3;4-7,12,14,21H,1-3,8-11H2. The molecule has 0 aromatic heterocycles. The Morgan fingerprint density at radius 2 is 1.43 bits per heavy atom. The van der Waals surface area contributed by atoms with Gasteiger partial charge in [-0.05, 0) is 111 Å². The fraction of sp³-hybridized carbons (Fsp3) is 0.829. The van der Waals surface area contributed by atoms with Gasteiger partial charge in [-0.2, -0.15) is 13.2 Å². The van der Waals surface area contributed by atoms with E-state index >= 15 is 0 Å². The molecule has 0 aliphatic heterocycles. The molecule has 0 saturated heterocycles. The Bertz CT molecular complexity index is 896. The molecule has 40 heavy (non-hydrogen) atoms. The van der Waals surface area contributed by atoms with Crippen LogP contribution in [-0.4, -0.2) is 23.3 Å². The molecule has 0 amide bonds. The van der Waals surface area contributed by atoms with Crippen molar-refractivity contribution in [2.24, 2.45) is 22.7 Å². The van der Waals surface area contributed by atoms with E-state index in [-0.39, 0.29) is 0 Å². The molecule has 2 atom stereocenters. The summed E-state index contributed by atoms with van der Waals surface area (Å²) in [5.74, 6) is 1.87. The number of halogens is 3. The summed E-state index contributed by atoms with van der Waals surface area (Å²) in [5.41, 5.74) is 1.04. The van der Waals surface area contributed by atoms with E-state index in [4.69, 9.17) is 0 Å². The van der Waals surface area contributed by atoms with E-state index in [2.05, 4.69) is 33.0 Å². The van der Waals surface area contributed by atoms with Crippen molar-refractivity contribution in [3.63, 3.8) is 0 Å². The molecule has 228 valence electrons. The molecule has 4 aliphatic carbocycles. The number of aliphatic hydroxyl groups is 1. The van der Waals surface area contributed by atoms with Gasteiger partial charge >= 0.3 is 6.18 Å². The maximum absolute atomic E-state index is 12.6. The summed E-state index contributed by atoms with van der Waals surface area (Å²) in [6, 6.07) is 6.38. The number of hydrogen-bond donors (Lipinski definition) is 2. The largest absolute Gasteiger partial charge is 0.416 e. The van der Waals surface area contributed by atoms with Crippen molar-refractivity contribution in [3.8, 4) is 0 Å². The molecule has 1 aromatic rings. The highest BCUT2D eigenvalue weighted by Crippen LogP contribution is 2.47. The first kappa shape index (κ1) is 31.9. The van der Waals surface area contributed by atoms with Gasteiger partial charge in [0.25, 0.3) is 0 Å². The molecule has 2 N–H and O–H groups in total. The Hall–Kier alpha value is -1.07. The van der Waals surface area contributed by atoms with Crippen LogP contribution in [0.1, 0.15) is 147 Å². The molecule has 1 aromatic carbocycles. The third-order valence-corrected chi connectivity index (χ3v) is 10.3. The van der Waals surface area contributed by atoms with Crippen molar-refractivity contribution in [1.29, 1.82) is 0 Å². The summed E-state index contributed by atoms with van der Waals surface area (Å²) < 4.78 is 37.8. The molecule has 4 saturated carbocycles. The molecule has 0 heterocycles. The summed E-state index contributed by atoms with van der Waals surface area (Å²) in [6.45, 7) is 11.0. The average molecular weight is 564 g/mol. The van der Waals surface area contributed by atoms with Crippen molar-refractivity contribution in [2.45, 2.75) is 154 Å². The van der Waals surface area contributed by atoms with E-state index in [1.807, 2.05) is 0 Å². The molecule has 0 radical (unpaired) electrons. The Morgan fingerprint density at radius 1 is 0.825 bits per heavy atom. The monoisotopic (exact) mass is 563 g/mol. The minimum absolute atomic E-state index is 0.341. The smallest absolute Gasteiger partial charge is 0.390 e. The molecule has 5 heteroatoms. The fourth-order valence-electron chi connectivity index (χ4n) is 8.57. The summed E-state index contributed by atoms with van der Waals surface area (Å²) in [4.78, 5) is 0. The zero-order valence-electron chi connectivity index (χ0n) is 25.7. The SMILES string of the molecule is CC1(C)CC(NCCC2CCCCC2)CC(C)(C)C1.OC1(CC2CCCC(c3ccc(C(F)(F)F)cc3)C2)CC1. The summed E-state index contributed by atoms with van der Waals surface area (Å²) in [6.07, 6.45) is 15.6. The van der Waals surface area contributed by atoms with Gasteiger partial charge in [-0.3, -0.25) is 0 Å². The van der Waals surface area contributed by atoms with Crippen LogP contribution in [0.4, 0.5) is 13.2 Å². The van der Waals surface area contributed by atoms with E-state index < -0.39 is 17.3 Å². The van der Waals surface area contributed by atoms with E-state index in [0.717, 1.165) is 62.5 Å². The van der Waals surface area contributed by atoms with Gasteiger partial charge < -0.3 is 10.4 Å². The maximum atomic E-state index is 12.6. The first-order chi connectivity index (χ1) is 18.7. The van der Waals surface area contributed by atoms with Gasteiger partial charge in [0, 0.05) is 6.04 Å². The summed E-state index contributed by atoms with van der Waals surface area (Å²) in [5, 5.41) is 13.9. The second-order valence-electron chi connectivity index (χ2n) is 15.6. The maximum Gasteiger partial charge on any atom is 0.416 e. The fourth-order valence-corrected chi connectivity index (χ4v) is 8.57. The lowest BCUT2D eigenvalue weighted by Gasteiger charge is -2.45. The topological polar surface area (TPSA) is 32.3 Å². The molecule has 0 spiro atoms. The molecular formula is C35H56F3NO. The highest BCUT2D eigenvalue weighted by Gasteiger charge is 2.43. The molecular weight excluding hydrogens is 507 g/mol. The Balaban J connectivity index is 0.000000186. The van der Waals surface area contributed by atoms with Gasteiger partial charge in [0.1, 0.15) is 0 Å². The summed E-state index contributed by atoms with van der Waals surface area (Å²) in [7, 11) is 0. The van der Waals surface area contributed by atoms with Crippen LogP contribution < -0.4 is 5.32 Å². The van der Waals surface area contributed by atoms with Crippen LogP contribution in [0.15, 0.2) is 24.3 Å². The Morgan fingerprint density at radius 3 is 2.00 bits per heavy atom. The molecule has 4 fully saturated rings. The van der Waals surface area contributed by atoms with Gasteiger partial charge in [-0.15, -0.1) is 0 Å². The van der Waals surface area contributed by atoms with Crippen LogP contribution in [0.25, 0.3) is 0 Å². The molecule has 2 nitrogen and oxygen atoms in total. The lowest BCUT2D eigenvalue weighted by molar-refractivity contribution is -0.137. The molecule has 0 bridgehead atoms. The predicted molar refractivity (Wildman–Crippen MR) is 159 cm³/mol. The first-order valence-electron chi connectivity index (χ1n) is 16.4. The second kappa shape index (κ2) is 13.1. The Kier molecular flexibility index (Phi) is 10.4. The zero-order chi connectivity index (χ0) is 29.0. The van der Waals surface area contributed by atoms with E-state index in [9.17, 15) is 18.3 Å². The van der Waals surface area contributed by atoms with Crippen molar-refractivity contribution in [2.75, 3.05) is 6.54 Å². The van der Waals surface area contributed by atoms with E-state index in [1.54, 1.807) is 12.1 Å². The zero-order valence-corrected chi connectivity index (χ0v) is 25.7. The average Bonchev–Trinajstić information content (AvgIpc) is 3.59. The van der Waals surface area contributed by atoms with Crippen molar-refractivity contribution < 1.29 is 18.3 Å². The van der Waals surface area contributed by atoms with Crippen LogP contribution in [0.5, 0.6) is 0 Å². The number of nitrogens with one attached hydrogen (secondary N) is 1.